The first kappa shape index (κ1) is 32.5. The minimum Gasteiger partial charge on any atom is -0.348 e. The molecular formula is C36H46N2O2P2. The molecule has 0 saturated heterocycles. The average Bonchev–Trinajstić information content (AvgIpc) is 3.03. The molecule has 0 unspecified atom stereocenters. The molecule has 4 aromatic carbocycles. The Morgan fingerprint density at radius 2 is 0.714 bits per heavy atom. The zero-order chi connectivity index (χ0) is 29.6. The van der Waals surface area contributed by atoms with Gasteiger partial charge in [-0.15, -0.1) is 0 Å². The summed E-state index contributed by atoms with van der Waals surface area (Å²) in [4.78, 5) is 0. The maximum atomic E-state index is 6.67. The van der Waals surface area contributed by atoms with Crippen LogP contribution in [0.1, 0.15) is 27.7 Å². The van der Waals surface area contributed by atoms with Gasteiger partial charge in [0, 0.05) is 46.4 Å². The van der Waals surface area contributed by atoms with Crippen LogP contribution in [0.5, 0.6) is 0 Å². The van der Waals surface area contributed by atoms with Crippen LogP contribution in [0.15, 0.2) is 121 Å². The minimum absolute atomic E-state index is 0.266. The van der Waals surface area contributed by atoms with Crippen molar-refractivity contribution in [3.05, 3.63) is 121 Å². The first-order valence-electron chi connectivity index (χ1n) is 15.1. The maximum Gasteiger partial charge on any atom is 0.0918 e. The van der Waals surface area contributed by atoms with Crippen LogP contribution in [-0.4, -0.2) is 38.4 Å². The van der Waals surface area contributed by atoms with Crippen molar-refractivity contribution in [3.63, 3.8) is 0 Å². The van der Waals surface area contributed by atoms with Crippen molar-refractivity contribution in [2.75, 3.05) is 26.3 Å². The van der Waals surface area contributed by atoms with Crippen molar-refractivity contribution in [1.82, 2.24) is 10.6 Å². The molecule has 0 fully saturated rings. The highest BCUT2D eigenvalue weighted by atomic mass is 31.1. The lowest BCUT2D eigenvalue weighted by Crippen LogP contribution is -2.45. The molecule has 4 nitrogen and oxygen atoms in total. The fourth-order valence-corrected chi connectivity index (χ4v) is 8.23. The van der Waals surface area contributed by atoms with Crippen molar-refractivity contribution < 1.29 is 9.05 Å². The molecule has 222 valence electrons. The lowest BCUT2D eigenvalue weighted by atomic mass is 10.1. The van der Waals surface area contributed by atoms with E-state index in [1.54, 1.807) is 0 Å². The second-order valence-corrected chi connectivity index (χ2v) is 14.9. The van der Waals surface area contributed by atoms with Gasteiger partial charge >= 0.3 is 0 Å². The zero-order valence-corrected chi connectivity index (χ0v) is 27.2. The summed E-state index contributed by atoms with van der Waals surface area (Å²) in [5.41, 5.74) is 0. The van der Waals surface area contributed by atoms with Crippen molar-refractivity contribution in [3.8, 4) is 0 Å². The minimum atomic E-state index is -0.866. The van der Waals surface area contributed by atoms with Crippen LogP contribution in [0.3, 0.4) is 0 Å². The highest BCUT2D eigenvalue weighted by molar-refractivity contribution is 7.68. The van der Waals surface area contributed by atoms with Gasteiger partial charge < -0.3 is 19.7 Å². The third-order valence-corrected chi connectivity index (χ3v) is 11.2. The first-order valence-corrected chi connectivity index (χ1v) is 17.6. The molecule has 0 aliphatic heterocycles. The molecule has 4 rings (SSSR count). The van der Waals surface area contributed by atoms with Gasteiger partial charge in [0.25, 0.3) is 0 Å². The summed E-state index contributed by atoms with van der Waals surface area (Å²) in [6.07, 6.45) is 0. The molecule has 0 spiro atoms. The van der Waals surface area contributed by atoms with E-state index in [-0.39, 0.29) is 12.1 Å². The summed E-state index contributed by atoms with van der Waals surface area (Å²) in [7, 11) is -1.73. The number of nitrogens with one attached hydrogen (secondary N) is 2. The third kappa shape index (κ3) is 10.1. The van der Waals surface area contributed by atoms with E-state index in [0.717, 1.165) is 13.1 Å². The van der Waals surface area contributed by atoms with Gasteiger partial charge in [0.1, 0.15) is 0 Å². The fraction of sp³-hybridized carbons (Fsp3) is 0.333. The standard InChI is InChI=1S/C36H46N2O2P2/c1-29(2)35(27-39-41(31-17-9-5-10-18-31)32-19-11-6-12-20-32)37-25-26-38-36(30(3)4)28-40-42(33-21-13-7-14-22-33)34-23-15-8-16-24-34/h5-24,29-30,35-38H,25-28H2,1-4H3/t35-,36-/m1/s1. The van der Waals surface area contributed by atoms with Crippen molar-refractivity contribution in [2.45, 2.75) is 39.8 Å². The Kier molecular flexibility index (Phi) is 13.6. The molecule has 0 aliphatic rings. The molecule has 42 heavy (non-hydrogen) atoms. The molecule has 0 bridgehead atoms. The van der Waals surface area contributed by atoms with Crippen LogP contribution < -0.4 is 31.9 Å². The number of hydrogen-bond donors (Lipinski definition) is 2. The molecule has 6 heteroatoms. The predicted octanol–water partition coefficient (Wildman–Crippen LogP) is 6.34. The summed E-state index contributed by atoms with van der Waals surface area (Å²) in [5, 5.41) is 12.5. The summed E-state index contributed by atoms with van der Waals surface area (Å²) in [6, 6.07) is 43.0. The third-order valence-electron chi connectivity index (χ3n) is 7.28. The van der Waals surface area contributed by atoms with Gasteiger partial charge in [0.05, 0.1) is 29.5 Å². The van der Waals surface area contributed by atoms with E-state index in [0.29, 0.717) is 25.0 Å². The summed E-state index contributed by atoms with van der Waals surface area (Å²) in [5.74, 6) is 0.913. The van der Waals surface area contributed by atoms with Crippen LogP contribution in [0.25, 0.3) is 0 Å². The lowest BCUT2D eigenvalue weighted by molar-refractivity contribution is 0.238. The van der Waals surface area contributed by atoms with Crippen LogP contribution in [0.2, 0.25) is 0 Å². The Morgan fingerprint density at radius 3 is 0.952 bits per heavy atom. The molecule has 0 aromatic heterocycles. The van der Waals surface area contributed by atoms with E-state index >= 15 is 0 Å². The van der Waals surface area contributed by atoms with E-state index in [1.165, 1.54) is 21.2 Å². The fourth-order valence-electron chi connectivity index (χ4n) is 4.65. The molecule has 0 heterocycles. The highest BCUT2D eigenvalue weighted by Crippen LogP contribution is 2.36. The summed E-state index contributed by atoms with van der Waals surface area (Å²) < 4.78 is 13.3. The van der Waals surface area contributed by atoms with Gasteiger partial charge in [-0.25, -0.2) is 0 Å². The molecule has 0 saturated carbocycles. The monoisotopic (exact) mass is 600 g/mol. The van der Waals surface area contributed by atoms with Gasteiger partial charge in [-0.3, -0.25) is 0 Å². The quantitative estimate of drug-likeness (QED) is 0.110. The zero-order valence-electron chi connectivity index (χ0n) is 25.4. The first-order chi connectivity index (χ1) is 20.5. The molecule has 0 amide bonds. The Bertz CT molecular complexity index is 1080. The smallest absolute Gasteiger partial charge is 0.0918 e. The van der Waals surface area contributed by atoms with Gasteiger partial charge in [0.15, 0.2) is 0 Å². The summed E-state index contributed by atoms with van der Waals surface area (Å²) in [6.45, 7) is 12.1. The van der Waals surface area contributed by atoms with Crippen LogP contribution in [-0.2, 0) is 9.05 Å². The van der Waals surface area contributed by atoms with E-state index in [1.807, 2.05) is 0 Å². The highest BCUT2D eigenvalue weighted by Gasteiger charge is 2.22. The van der Waals surface area contributed by atoms with Gasteiger partial charge in [0.2, 0.25) is 0 Å². The van der Waals surface area contributed by atoms with Gasteiger partial charge in [-0.05, 0) is 11.8 Å². The Labute approximate surface area is 255 Å². The second kappa shape index (κ2) is 17.6. The molecule has 0 aliphatic carbocycles. The van der Waals surface area contributed by atoms with Gasteiger partial charge in [-0.2, -0.15) is 0 Å². The lowest BCUT2D eigenvalue weighted by Gasteiger charge is -2.28. The Hall–Kier alpha value is -2.42. The van der Waals surface area contributed by atoms with Crippen molar-refractivity contribution in [1.29, 1.82) is 0 Å². The number of hydrogen-bond acceptors (Lipinski definition) is 4. The SMILES string of the molecule is CC(C)[C@@H](COP(c1ccccc1)c1ccccc1)NCCN[C@H](COP(c1ccccc1)c1ccccc1)C(C)C. The maximum absolute atomic E-state index is 6.67. The van der Waals surface area contributed by atoms with Crippen LogP contribution in [0.4, 0.5) is 0 Å². The van der Waals surface area contributed by atoms with E-state index in [2.05, 4.69) is 160 Å². The molecule has 2 atom stereocenters. The number of benzene rings is 4. The predicted molar refractivity (Wildman–Crippen MR) is 183 cm³/mol. The summed E-state index contributed by atoms with van der Waals surface area (Å²) >= 11 is 0. The Balaban J connectivity index is 1.30. The second-order valence-electron chi connectivity index (χ2n) is 11.1. The van der Waals surface area contributed by atoms with Crippen LogP contribution in [0, 0.1) is 11.8 Å². The van der Waals surface area contributed by atoms with Crippen LogP contribution >= 0.6 is 16.3 Å². The molecular weight excluding hydrogens is 554 g/mol. The number of rotatable bonds is 17. The van der Waals surface area contributed by atoms with Gasteiger partial charge in [-0.1, -0.05) is 149 Å². The molecule has 4 aromatic rings. The van der Waals surface area contributed by atoms with E-state index < -0.39 is 16.3 Å². The average molecular weight is 601 g/mol. The largest absolute Gasteiger partial charge is 0.348 e. The van der Waals surface area contributed by atoms with Crippen molar-refractivity contribution >= 4 is 37.5 Å². The molecule has 0 radical (unpaired) electrons. The van der Waals surface area contributed by atoms with E-state index in [4.69, 9.17) is 9.05 Å². The van der Waals surface area contributed by atoms with E-state index in [9.17, 15) is 0 Å². The molecule has 2 N–H and O–H groups in total. The van der Waals surface area contributed by atoms with Crippen molar-refractivity contribution in [2.24, 2.45) is 11.8 Å². The topological polar surface area (TPSA) is 42.5 Å². The Morgan fingerprint density at radius 1 is 0.452 bits per heavy atom. The normalized spacial score (nSPS) is 13.2.